The fourth-order valence-electron chi connectivity index (χ4n) is 3.05. The smallest absolute Gasteiger partial charge is 0.330 e. The van der Waals surface area contributed by atoms with Gasteiger partial charge in [0.1, 0.15) is 5.82 Å². The summed E-state index contributed by atoms with van der Waals surface area (Å²) in [5.41, 5.74) is 1.64. The zero-order valence-corrected chi connectivity index (χ0v) is 14.4. The molecule has 0 aliphatic carbocycles. The molecule has 0 N–H and O–H groups in total. The van der Waals surface area contributed by atoms with Crippen molar-refractivity contribution in [2.24, 2.45) is 0 Å². The first-order chi connectivity index (χ1) is 12.2. The summed E-state index contributed by atoms with van der Waals surface area (Å²) in [6.45, 7) is 4.47. The maximum Gasteiger partial charge on any atom is 0.330 e. The Bertz CT molecular complexity index is 825. The number of nitrogens with zero attached hydrogens (tertiary/aromatic N) is 2. The van der Waals surface area contributed by atoms with Gasteiger partial charge in [-0.25, -0.2) is 4.79 Å². The number of esters is 1. The van der Waals surface area contributed by atoms with Gasteiger partial charge in [0.05, 0.1) is 6.61 Å². The molecule has 0 atom stereocenters. The van der Waals surface area contributed by atoms with Gasteiger partial charge < -0.3 is 9.64 Å². The van der Waals surface area contributed by atoms with E-state index in [2.05, 4.69) is 17.0 Å². The molecule has 3 rings (SSSR count). The van der Waals surface area contributed by atoms with E-state index in [4.69, 9.17) is 4.74 Å². The maximum atomic E-state index is 12.7. The molecule has 130 valence electrons. The van der Waals surface area contributed by atoms with Crippen LogP contribution in [0.3, 0.4) is 0 Å². The zero-order chi connectivity index (χ0) is 17.6. The molecule has 5 heteroatoms. The lowest BCUT2D eigenvalue weighted by Gasteiger charge is -2.32. The standard InChI is InChI=1S/C20H22N2O3/c1-2-25-19(23)12-10-17-9-11-18-21(13-6-14-22(18)20(17)24)15-16-7-4-3-5-8-16/h3-5,7-12H,2,6,13-15H2,1H3/b12-10+. The van der Waals surface area contributed by atoms with Crippen LogP contribution < -0.4 is 10.5 Å². The Morgan fingerprint density at radius 3 is 2.72 bits per heavy atom. The zero-order valence-electron chi connectivity index (χ0n) is 14.4. The molecule has 0 saturated carbocycles. The van der Waals surface area contributed by atoms with E-state index in [-0.39, 0.29) is 5.56 Å². The number of fused-ring (bicyclic) bond motifs is 1. The predicted molar refractivity (Wildman–Crippen MR) is 98.5 cm³/mol. The fraction of sp³-hybridized carbons (Fsp3) is 0.300. The number of anilines is 1. The molecule has 0 spiro atoms. The highest BCUT2D eigenvalue weighted by Gasteiger charge is 2.18. The van der Waals surface area contributed by atoms with Crippen LogP contribution in [-0.2, 0) is 22.6 Å². The fourth-order valence-corrected chi connectivity index (χ4v) is 3.05. The van der Waals surface area contributed by atoms with E-state index in [1.807, 2.05) is 24.3 Å². The summed E-state index contributed by atoms with van der Waals surface area (Å²) in [6, 6.07) is 14.0. The van der Waals surface area contributed by atoms with E-state index in [9.17, 15) is 9.59 Å². The van der Waals surface area contributed by atoms with Crippen molar-refractivity contribution in [3.05, 3.63) is 70.0 Å². The summed E-state index contributed by atoms with van der Waals surface area (Å²) in [4.78, 5) is 26.4. The number of benzene rings is 1. The monoisotopic (exact) mass is 338 g/mol. The summed E-state index contributed by atoms with van der Waals surface area (Å²) in [5.74, 6) is 0.490. The Hall–Kier alpha value is -2.82. The van der Waals surface area contributed by atoms with Crippen molar-refractivity contribution in [1.29, 1.82) is 0 Å². The predicted octanol–water partition coefficient (Wildman–Crippen LogP) is 2.83. The summed E-state index contributed by atoms with van der Waals surface area (Å²) in [7, 11) is 0. The number of carbonyl (C=O) groups excluding carboxylic acids is 1. The lowest BCUT2D eigenvalue weighted by atomic mass is 10.1. The molecule has 0 saturated heterocycles. The van der Waals surface area contributed by atoms with Gasteiger partial charge in [0.2, 0.25) is 0 Å². The van der Waals surface area contributed by atoms with Gasteiger partial charge >= 0.3 is 5.97 Å². The van der Waals surface area contributed by atoms with Crippen LogP contribution in [0.2, 0.25) is 0 Å². The van der Waals surface area contributed by atoms with Crippen LogP contribution in [-0.4, -0.2) is 23.7 Å². The van der Waals surface area contributed by atoms with Gasteiger partial charge in [-0.3, -0.25) is 9.36 Å². The van der Waals surface area contributed by atoms with Crippen molar-refractivity contribution in [3.8, 4) is 0 Å². The number of aromatic nitrogens is 1. The minimum atomic E-state index is -0.435. The van der Waals surface area contributed by atoms with E-state index in [0.29, 0.717) is 18.7 Å². The van der Waals surface area contributed by atoms with Gasteiger partial charge in [0.15, 0.2) is 0 Å². The van der Waals surface area contributed by atoms with Gasteiger partial charge in [-0.15, -0.1) is 0 Å². The molecule has 1 aromatic heterocycles. The first kappa shape index (κ1) is 17.0. The second-order valence-electron chi connectivity index (χ2n) is 5.95. The highest BCUT2D eigenvalue weighted by molar-refractivity contribution is 5.87. The number of rotatable bonds is 5. The lowest BCUT2D eigenvalue weighted by Crippen LogP contribution is -2.37. The van der Waals surface area contributed by atoms with Crippen LogP contribution in [0.1, 0.15) is 24.5 Å². The van der Waals surface area contributed by atoms with Crippen LogP contribution in [0.15, 0.2) is 53.3 Å². The largest absolute Gasteiger partial charge is 0.463 e. The number of ether oxygens (including phenoxy) is 1. The molecular formula is C20H22N2O3. The first-order valence-corrected chi connectivity index (χ1v) is 8.56. The molecule has 1 aliphatic rings. The summed E-state index contributed by atoms with van der Waals surface area (Å²) in [6.07, 6.45) is 3.76. The van der Waals surface area contributed by atoms with E-state index in [1.54, 1.807) is 17.6 Å². The van der Waals surface area contributed by atoms with Crippen molar-refractivity contribution in [2.45, 2.75) is 26.4 Å². The third-order valence-corrected chi connectivity index (χ3v) is 4.22. The molecule has 25 heavy (non-hydrogen) atoms. The molecule has 2 heterocycles. The minimum absolute atomic E-state index is 0.0733. The van der Waals surface area contributed by atoms with Crippen molar-refractivity contribution in [2.75, 3.05) is 18.1 Å². The van der Waals surface area contributed by atoms with Crippen LogP contribution in [0, 0.1) is 0 Å². The molecule has 0 radical (unpaired) electrons. The SMILES string of the molecule is CCOC(=O)/C=C/c1ccc2n(c1=O)CCCN2Cc1ccccc1. The topological polar surface area (TPSA) is 51.5 Å². The minimum Gasteiger partial charge on any atom is -0.463 e. The van der Waals surface area contributed by atoms with Crippen molar-refractivity contribution in [3.63, 3.8) is 0 Å². The highest BCUT2D eigenvalue weighted by atomic mass is 16.5. The molecule has 0 fully saturated rings. The van der Waals surface area contributed by atoms with Gasteiger partial charge in [-0.1, -0.05) is 30.3 Å². The van der Waals surface area contributed by atoms with E-state index in [1.165, 1.54) is 17.7 Å². The summed E-state index contributed by atoms with van der Waals surface area (Å²) < 4.78 is 6.65. The van der Waals surface area contributed by atoms with Crippen LogP contribution in [0.4, 0.5) is 5.82 Å². The molecule has 5 nitrogen and oxygen atoms in total. The molecule has 2 aromatic rings. The van der Waals surface area contributed by atoms with Crippen molar-refractivity contribution >= 4 is 17.9 Å². The van der Waals surface area contributed by atoms with Crippen LogP contribution in [0.5, 0.6) is 0 Å². The van der Waals surface area contributed by atoms with Crippen molar-refractivity contribution in [1.82, 2.24) is 4.57 Å². The Balaban J connectivity index is 1.85. The van der Waals surface area contributed by atoms with Crippen LogP contribution >= 0.6 is 0 Å². The van der Waals surface area contributed by atoms with Gasteiger partial charge in [-0.05, 0) is 37.1 Å². The highest BCUT2D eigenvalue weighted by Crippen LogP contribution is 2.21. The Labute approximate surface area is 147 Å². The molecule has 1 aromatic carbocycles. The van der Waals surface area contributed by atoms with Gasteiger partial charge in [0.25, 0.3) is 5.56 Å². The second-order valence-corrected chi connectivity index (χ2v) is 5.95. The van der Waals surface area contributed by atoms with E-state index in [0.717, 1.165) is 25.3 Å². The summed E-state index contributed by atoms with van der Waals surface area (Å²) >= 11 is 0. The van der Waals surface area contributed by atoms with Gasteiger partial charge in [0, 0.05) is 31.3 Å². The average Bonchev–Trinajstić information content (AvgIpc) is 2.63. The maximum absolute atomic E-state index is 12.7. The van der Waals surface area contributed by atoms with Crippen LogP contribution in [0.25, 0.3) is 6.08 Å². The number of hydrogen-bond acceptors (Lipinski definition) is 4. The number of carbonyl (C=O) groups is 1. The van der Waals surface area contributed by atoms with Crippen molar-refractivity contribution < 1.29 is 9.53 Å². The second kappa shape index (κ2) is 7.83. The molecular weight excluding hydrogens is 316 g/mol. The van der Waals surface area contributed by atoms with Gasteiger partial charge in [-0.2, -0.15) is 0 Å². The Morgan fingerprint density at radius 1 is 1.16 bits per heavy atom. The van der Waals surface area contributed by atoms with E-state index < -0.39 is 5.97 Å². The Kier molecular flexibility index (Phi) is 5.33. The number of hydrogen-bond donors (Lipinski definition) is 0. The van der Waals surface area contributed by atoms with E-state index >= 15 is 0 Å². The molecule has 0 amide bonds. The molecule has 0 unspecified atom stereocenters. The first-order valence-electron chi connectivity index (χ1n) is 8.56. The third-order valence-electron chi connectivity index (χ3n) is 4.22. The number of pyridine rings is 1. The average molecular weight is 338 g/mol. The summed E-state index contributed by atoms with van der Waals surface area (Å²) in [5, 5.41) is 0. The quantitative estimate of drug-likeness (QED) is 0.621. The lowest BCUT2D eigenvalue weighted by molar-refractivity contribution is -0.137. The Morgan fingerprint density at radius 2 is 1.96 bits per heavy atom. The molecule has 0 bridgehead atoms. The third kappa shape index (κ3) is 3.99. The molecule has 1 aliphatic heterocycles. The normalized spacial score (nSPS) is 13.7.